The SMILES string of the molecule is CC(=O)N1C[C@H]2C[C@@H](C1)[C@H](C(=O)NCCn1nccc1C)n1c2cccc1=O. The lowest BCUT2D eigenvalue weighted by atomic mass is 9.78. The summed E-state index contributed by atoms with van der Waals surface area (Å²) in [6.45, 7) is 5.62. The number of carbonyl (C=O) groups excluding carboxylic acids is 2. The van der Waals surface area contributed by atoms with Crippen molar-refractivity contribution >= 4 is 11.8 Å². The molecule has 4 heterocycles. The van der Waals surface area contributed by atoms with Gasteiger partial charge in [0, 0.05) is 62.0 Å². The second-order valence-electron chi connectivity index (χ2n) is 7.71. The van der Waals surface area contributed by atoms with Gasteiger partial charge in [0.1, 0.15) is 6.04 Å². The van der Waals surface area contributed by atoms with Crippen molar-refractivity contribution in [1.29, 1.82) is 0 Å². The minimum Gasteiger partial charge on any atom is -0.352 e. The highest BCUT2D eigenvalue weighted by Gasteiger charge is 2.44. The summed E-state index contributed by atoms with van der Waals surface area (Å²) < 4.78 is 3.47. The summed E-state index contributed by atoms with van der Waals surface area (Å²) in [5.74, 6) is -0.142. The van der Waals surface area contributed by atoms with Crippen LogP contribution in [0.4, 0.5) is 0 Å². The molecule has 4 rings (SSSR count). The lowest BCUT2D eigenvalue weighted by molar-refractivity contribution is -0.135. The zero-order chi connectivity index (χ0) is 19.8. The van der Waals surface area contributed by atoms with Gasteiger partial charge in [0.2, 0.25) is 11.8 Å². The third-order valence-corrected chi connectivity index (χ3v) is 5.91. The molecular weight excluding hydrogens is 358 g/mol. The highest BCUT2D eigenvalue weighted by Crippen LogP contribution is 2.41. The third kappa shape index (κ3) is 3.23. The van der Waals surface area contributed by atoms with Gasteiger partial charge in [0.15, 0.2) is 0 Å². The van der Waals surface area contributed by atoms with Crippen LogP contribution >= 0.6 is 0 Å². The van der Waals surface area contributed by atoms with Gasteiger partial charge in [-0.15, -0.1) is 0 Å². The Hall–Kier alpha value is -2.90. The Kier molecular flexibility index (Phi) is 4.78. The number of aryl methyl sites for hydroxylation is 1. The van der Waals surface area contributed by atoms with Gasteiger partial charge >= 0.3 is 0 Å². The number of piperidine rings is 1. The lowest BCUT2D eigenvalue weighted by Gasteiger charge is -2.46. The molecule has 1 fully saturated rings. The molecule has 8 heteroatoms. The molecule has 1 N–H and O–H groups in total. The minimum atomic E-state index is -0.596. The summed E-state index contributed by atoms with van der Waals surface area (Å²) >= 11 is 0. The van der Waals surface area contributed by atoms with Crippen molar-refractivity contribution in [3.05, 3.63) is 52.2 Å². The molecule has 0 saturated carbocycles. The average molecular weight is 383 g/mol. The molecule has 1 saturated heterocycles. The third-order valence-electron chi connectivity index (χ3n) is 5.91. The largest absolute Gasteiger partial charge is 0.352 e. The molecule has 2 aromatic heterocycles. The van der Waals surface area contributed by atoms with Crippen LogP contribution in [-0.4, -0.2) is 50.7 Å². The average Bonchev–Trinajstić information content (AvgIpc) is 3.07. The number of amides is 2. The molecule has 8 nitrogen and oxygen atoms in total. The first-order chi connectivity index (χ1) is 13.5. The molecule has 2 aliphatic heterocycles. The van der Waals surface area contributed by atoms with Gasteiger partial charge in [-0.1, -0.05) is 6.07 Å². The minimum absolute atomic E-state index is 0.00902. The maximum absolute atomic E-state index is 13.1. The Morgan fingerprint density at radius 2 is 2.07 bits per heavy atom. The number of nitrogens with zero attached hydrogens (tertiary/aromatic N) is 4. The van der Waals surface area contributed by atoms with Crippen LogP contribution < -0.4 is 10.9 Å². The van der Waals surface area contributed by atoms with Crippen LogP contribution in [0.2, 0.25) is 0 Å². The second kappa shape index (κ2) is 7.26. The van der Waals surface area contributed by atoms with Crippen molar-refractivity contribution in [3.63, 3.8) is 0 Å². The Bertz CT molecular complexity index is 963. The highest BCUT2D eigenvalue weighted by atomic mass is 16.2. The van der Waals surface area contributed by atoms with Crippen LogP contribution in [0.1, 0.15) is 36.7 Å². The van der Waals surface area contributed by atoms with E-state index in [0.29, 0.717) is 26.2 Å². The normalized spacial score (nSPS) is 23.2. The fraction of sp³-hybridized carbons (Fsp3) is 0.500. The fourth-order valence-electron chi connectivity index (χ4n) is 4.55. The molecule has 0 aromatic carbocycles. The van der Waals surface area contributed by atoms with Gasteiger partial charge in [-0.2, -0.15) is 5.10 Å². The molecule has 0 spiro atoms. The monoisotopic (exact) mass is 383 g/mol. The first kappa shape index (κ1) is 18.5. The van der Waals surface area contributed by atoms with E-state index in [-0.39, 0.29) is 29.2 Å². The van der Waals surface area contributed by atoms with E-state index in [1.54, 1.807) is 28.7 Å². The number of fused-ring (bicyclic) bond motifs is 4. The second-order valence-corrected chi connectivity index (χ2v) is 7.71. The van der Waals surface area contributed by atoms with Crippen molar-refractivity contribution in [2.24, 2.45) is 5.92 Å². The molecule has 0 unspecified atom stereocenters. The quantitative estimate of drug-likeness (QED) is 0.841. The van der Waals surface area contributed by atoms with E-state index < -0.39 is 6.04 Å². The Labute approximate surface area is 163 Å². The molecule has 3 atom stereocenters. The Balaban J connectivity index is 1.58. The zero-order valence-electron chi connectivity index (χ0n) is 16.2. The number of hydrogen-bond donors (Lipinski definition) is 1. The first-order valence-corrected chi connectivity index (χ1v) is 9.69. The van der Waals surface area contributed by atoms with E-state index in [9.17, 15) is 14.4 Å². The predicted molar refractivity (Wildman–Crippen MR) is 103 cm³/mol. The van der Waals surface area contributed by atoms with Gasteiger partial charge in [-0.05, 0) is 25.5 Å². The molecule has 2 bridgehead atoms. The molecule has 148 valence electrons. The Morgan fingerprint density at radius 3 is 2.79 bits per heavy atom. The number of carbonyl (C=O) groups is 2. The number of pyridine rings is 1. The van der Waals surface area contributed by atoms with Crippen LogP contribution in [0, 0.1) is 12.8 Å². The van der Waals surface area contributed by atoms with E-state index in [1.165, 1.54) is 6.07 Å². The van der Waals surface area contributed by atoms with Gasteiger partial charge in [0.05, 0.1) is 6.54 Å². The summed E-state index contributed by atoms with van der Waals surface area (Å²) in [5, 5.41) is 7.19. The van der Waals surface area contributed by atoms with Crippen LogP contribution in [0.3, 0.4) is 0 Å². The molecule has 0 radical (unpaired) electrons. The predicted octanol–water partition coefficient (Wildman–Crippen LogP) is 0.676. The van der Waals surface area contributed by atoms with E-state index in [4.69, 9.17) is 0 Å². The summed E-state index contributed by atoms with van der Waals surface area (Å²) in [6.07, 6.45) is 2.54. The number of rotatable bonds is 4. The van der Waals surface area contributed by atoms with E-state index >= 15 is 0 Å². The van der Waals surface area contributed by atoms with Crippen molar-refractivity contribution in [1.82, 2.24) is 24.6 Å². The fourth-order valence-corrected chi connectivity index (χ4v) is 4.55. The number of likely N-dealkylation sites (tertiary alicyclic amines) is 1. The number of aromatic nitrogens is 3. The lowest BCUT2D eigenvalue weighted by Crippen LogP contribution is -2.54. The van der Waals surface area contributed by atoms with Crippen molar-refractivity contribution in [2.45, 2.75) is 38.8 Å². The van der Waals surface area contributed by atoms with Crippen molar-refractivity contribution < 1.29 is 9.59 Å². The summed E-state index contributed by atoms with van der Waals surface area (Å²) in [7, 11) is 0. The summed E-state index contributed by atoms with van der Waals surface area (Å²) in [4.78, 5) is 39.5. The van der Waals surface area contributed by atoms with E-state index in [0.717, 1.165) is 17.8 Å². The Morgan fingerprint density at radius 1 is 1.25 bits per heavy atom. The molecule has 2 amide bonds. The topological polar surface area (TPSA) is 89.2 Å². The van der Waals surface area contributed by atoms with Crippen LogP contribution in [0.15, 0.2) is 35.3 Å². The number of hydrogen-bond acceptors (Lipinski definition) is 4. The van der Waals surface area contributed by atoms with Gasteiger partial charge in [-0.3, -0.25) is 23.6 Å². The first-order valence-electron chi connectivity index (χ1n) is 9.69. The van der Waals surface area contributed by atoms with Crippen molar-refractivity contribution in [3.8, 4) is 0 Å². The molecule has 0 aliphatic carbocycles. The van der Waals surface area contributed by atoms with Gasteiger partial charge in [0.25, 0.3) is 5.56 Å². The maximum atomic E-state index is 13.1. The molecule has 28 heavy (non-hydrogen) atoms. The molecule has 2 aliphatic rings. The van der Waals surface area contributed by atoms with Gasteiger partial charge < -0.3 is 10.2 Å². The maximum Gasteiger partial charge on any atom is 0.251 e. The van der Waals surface area contributed by atoms with Crippen LogP contribution in [0.25, 0.3) is 0 Å². The molecule has 2 aromatic rings. The standard InChI is InChI=1S/C20H25N5O3/c1-13-6-7-22-24(13)9-8-21-20(28)19-16-10-15(11-23(12-16)14(2)26)17-4-3-5-18(27)25(17)19/h3-7,15-16,19H,8-12H2,1-2H3,(H,21,28)/t15-,16+,19-/m1/s1. The highest BCUT2D eigenvalue weighted by molar-refractivity contribution is 5.81. The van der Waals surface area contributed by atoms with Crippen LogP contribution in [-0.2, 0) is 16.1 Å². The van der Waals surface area contributed by atoms with E-state index in [1.807, 2.05) is 23.7 Å². The molecular formula is C20H25N5O3. The zero-order valence-corrected chi connectivity index (χ0v) is 16.2. The smallest absolute Gasteiger partial charge is 0.251 e. The summed E-state index contributed by atoms with van der Waals surface area (Å²) in [5.41, 5.74) is 1.71. The van der Waals surface area contributed by atoms with E-state index in [2.05, 4.69) is 10.4 Å². The van der Waals surface area contributed by atoms with Crippen LogP contribution in [0.5, 0.6) is 0 Å². The van der Waals surface area contributed by atoms with Crippen molar-refractivity contribution in [2.75, 3.05) is 19.6 Å². The number of nitrogens with one attached hydrogen (secondary N) is 1. The van der Waals surface area contributed by atoms with Gasteiger partial charge in [-0.25, -0.2) is 0 Å². The summed E-state index contributed by atoms with van der Waals surface area (Å²) in [6, 6.07) is 6.45.